The lowest BCUT2D eigenvalue weighted by molar-refractivity contribution is 0.0954. The summed E-state index contributed by atoms with van der Waals surface area (Å²) in [4.78, 5) is 16.3. The molecule has 1 heterocycles. The van der Waals surface area contributed by atoms with Crippen LogP contribution in [0.15, 0.2) is 42.6 Å². The minimum absolute atomic E-state index is 0.163. The number of halogens is 1. The van der Waals surface area contributed by atoms with Crippen LogP contribution in [-0.2, 0) is 11.2 Å². The van der Waals surface area contributed by atoms with Crippen LogP contribution in [0, 0.1) is 5.82 Å². The molecule has 5 nitrogen and oxygen atoms in total. The average molecular weight is 317 g/mol. The van der Waals surface area contributed by atoms with Gasteiger partial charge in [0.1, 0.15) is 11.6 Å². The van der Waals surface area contributed by atoms with Gasteiger partial charge in [0.15, 0.2) is 0 Å². The number of ether oxygens (including phenoxy) is 1. The number of methoxy groups -OCH3 is 1. The van der Waals surface area contributed by atoms with Gasteiger partial charge >= 0.3 is 0 Å². The topological polar surface area (TPSA) is 63.2 Å². The summed E-state index contributed by atoms with van der Waals surface area (Å²) in [7, 11) is 1.63. The number of anilines is 1. The largest absolute Gasteiger partial charge is 0.383 e. The fraction of sp³-hybridized carbons (Fsp3) is 0.294. The number of rotatable bonds is 8. The molecule has 1 aromatic carbocycles. The van der Waals surface area contributed by atoms with Crippen molar-refractivity contribution >= 4 is 11.7 Å². The highest BCUT2D eigenvalue weighted by molar-refractivity contribution is 5.94. The molecular formula is C17H20FN3O2. The third-order valence-electron chi connectivity index (χ3n) is 3.25. The summed E-state index contributed by atoms with van der Waals surface area (Å²) in [6.07, 6.45) is 2.24. The zero-order valence-corrected chi connectivity index (χ0v) is 13.0. The number of nitrogens with zero attached hydrogens (tertiary/aromatic N) is 1. The van der Waals surface area contributed by atoms with E-state index >= 15 is 0 Å². The third-order valence-corrected chi connectivity index (χ3v) is 3.25. The second-order valence-corrected chi connectivity index (χ2v) is 4.98. The van der Waals surface area contributed by atoms with Gasteiger partial charge in [-0.25, -0.2) is 9.37 Å². The maximum atomic E-state index is 12.8. The first-order chi connectivity index (χ1) is 11.2. The van der Waals surface area contributed by atoms with E-state index in [0.717, 1.165) is 5.56 Å². The lowest BCUT2D eigenvalue weighted by atomic mass is 10.1. The first-order valence-electron chi connectivity index (χ1n) is 7.40. The molecule has 0 spiro atoms. The number of pyridine rings is 1. The number of hydrogen-bond donors (Lipinski definition) is 2. The van der Waals surface area contributed by atoms with Crippen LogP contribution in [0.1, 0.15) is 15.9 Å². The molecule has 2 N–H and O–H groups in total. The van der Waals surface area contributed by atoms with Gasteiger partial charge in [-0.2, -0.15) is 0 Å². The van der Waals surface area contributed by atoms with Gasteiger partial charge in [-0.05, 0) is 36.2 Å². The number of carbonyl (C=O) groups is 1. The Hall–Kier alpha value is -2.47. The van der Waals surface area contributed by atoms with E-state index in [-0.39, 0.29) is 11.7 Å². The van der Waals surface area contributed by atoms with Crippen LogP contribution in [0.25, 0.3) is 0 Å². The molecule has 2 rings (SSSR count). The van der Waals surface area contributed by atoms with E-state index in [1.54, 1.807) is 37.6 Å². The Balaban J connectivity index is 1.82. The van der Waals surface area contributed by atoms with Gasteiger partial charge in [-0.1, -0.05) is 12.1 Å². The van der Waals surface area contributed by atoms with Crippen molar-refractivity contribution < 1.29 is 13.9 Å². The maximum absolute atomic E-state index is 12.8. The van der Waals surface area contributed by atoms with Crippen LogP contribution in [0.5, 0.6) is 0 Å². The smallest absolute Gasteiger partial charge is 0.251 e. The summed E-state index contributed by atoms with van der Waals surface area (Å²) in [5.74, 6) is 0.209. The van der Waals surface area contributed by atoms with Crippen molar-refractivity contribution in [3.05, 3.63) is 59.5 Å². The van der Waals surface area contributed by atoms with E-state index in [9.17, 15) is 9.18 Å². The van der Waals surface area contributed by atoms with Crippen LogP contribution in [0.2, 0.25) is 0 Å². The summed E-state index contributed by atoms with van der Waals surface area (Å²) < 4.78 is 17.8. The Morgan fingerprint density at radius 2 is 2.00 bits per heavy atom. The SMILES string of the molecule is COCCNc1cc(C(=O)NCCc2ccc(F)cc2)ccn1. The van der Waals surface area contributed by atoms with E-state index in [0.29, 0.717) is 37.5 Å². The van der Waals surface area contributed by atoms with Crippen molar-refractivity contribution in [3.8, 4) is 0 Å². The molecule has 0 radical (unpaired) electrons. The van der Waals surface area contributed by atoms with E-state index in [1.807, 2.05) is 0 Å². The Kier molecular flexibility index (Phi) is 6.50. The normalized spacial score (nSPS) is 10.3. The molecule has 6 heteroatoms. The summed E-state index contributed by atoms with van der Waals surface area (Å²) in [6, 6.07) is 9.62. The number of aromatic nitrogens is 1. The predicted molar refractivity (Wildman–Crippen MR) is 87.0 cm³/mol. The van der Waals surface area contributed by atoms with E-state index < -0.39 is 0 Å². The molecule has 0 aliphatic rings. The quantitative estimate of drug-likeness (QED) is 0.733. The number of nitrogens with one attached hydrogen (secondary N) is 2. The lowest BCUT2D eigenvalue weighted by Gasteiger charge is -2.08. The summed E-state index contributed by atoms with van der Waals surface area (Å²) in [5.41, 5.74) is 1.52. The number of amides is 1. The number of benzene rings is 1. The van der Waals surface area contributed by atoms with Gasteiger partial charge in [-0.15, -0.1) is 0 Å². The van der Waals surface area contributed by atoms with Gasteiger partial charge in [0.25, 0.3) is 5.91 Å². The fourth-order valence-corrected chi connectivity index (χ4v) is 2.02. The Labute approximate surface area is 134 Å². The number of carbonyl (C=O) groups excluding carboxylic acids is 1. The van der Waals surface area contributed by atoms with Crippen molar-refractivity contribution in [2.45, 2.75) is 6.42 Å². The third kappa shape index (κ3) is 5.67. The van der Waals surface area contributed by atoms with Gasteiger partial charge < -0.3 is 15.4 Å². The maximum Gasteiger partial charge on any atom is 0.251 e. The molecule has 122 valence electrons. The van der Waals surface area contributed by atoms with Crippen molar-refractivity contribution in [2.75, 3.05) is 32.1 Å². The number of hydrogen-bond acceptors (Lipinski definition) is 4. The monoisotopic (exact) mass is 317 g/mol. The molecule has 2 aromatic rings. The van der Waals surface area contributed by atoms with Crippen LogP contribution >= 0.6 is 0 Å². The van der Waals surface area contributed by atoms with Crippen LogP contribution in [0.3, 0.4) is 0 Å². The minimum Gasteiger partial charge on any atom is -0.383 e. The first-order valence-corrected chi connectivity index (χ1v) is 7.40. The van der Waals surface area contributed by atoms with E-state index in [1.165, 1.54) is 12.1 Å². The van der Waals surface area contributed by atoms with Gasteiger partial charge in [0.05, 0.1) is 6.61 Å². The molecule has 0 atom stereocenters. The van der Waals surface area contributed by atoms with Crippen LogP contribution < -0.4 is 10.6 Å². The predicted octanol–water partition coefficient (Wildman–Crippen LogP) is 2.25. The lowest BCUT2D eigenvalue weighted by Crippen LogP contribution is -2.25. The van der Waals surface area contributed by atoms with Crippen molar-refractivity contribution in [1.82, 2.24) is 10.3 Å². The molecule has 1 aromatic heterocycles. The van der Waals surface area contributed by atoms with Gasteiger partial charge in [-0.3, -0.25) is 4.79 Å². The molecule has 0 unspecified atom stereocenters. The van der Waals surface area contributed by atoms with Crippen LogP contribution in [0.4, 0.5) is 10.2 Å². The molecule has 0 saturated carbocycles. The highest BCUT2D eigenvalue weighted by Gasteiger charge is 2.06. The van der Waals surface area contributed by atoms with Gasteiger partial charge in [0.2, 0.25) is 0 Å². The first kappa shape index (κ1) is 16.9. The standard InChI is InChI=1S/C17H20FN3O2/c1-23-11-10-20-16-12-14(7-9-19-16)17(22)21-8-6-13-2-4-15(18)5-3-13/h2-5,7,9,12H,6,8,10-11H2,1H3,(H,19,20)(H,21,22). The highest BCUT2D eigenvalue weighted by atomic mass is 19.1. The Morgan fingerprint density at radius 3 is 2.74 bits per heavy atom. The van der Waals surface area contributed by atoms with Crippen molar-refractivity contribution in [2.24, 2.45) is 0 Å². The molecule has 0 aliphatic carbocycles. The van der Waals surface area contributed by atoms with E-state index in [2.05, 4.69) is 15.6 Å². The molecule has 0 fully saturated rings. The molecule has 0 bridgehead atoms. The van der Waals surface area contributed by atoms with Crippen molar-refractivity contribution in [3.63, 3.8) is 0 Å². The zero-order chi connectivity index (χ0) is 16.5. The molecule has 23 heavy (non-hydrogen) atoms. The highest BCUT2D eigenvalue weighted by Crippen LogP contribution is 2.07. The summed E-state index contributed by atoms with van der Waals surface area (Å²) >= 11 is 0. The van der Waals surface area contributed by atoms with Crippen molar-refractivity contribution in [1.29, 1.82) is 0 Å². The molecule has 1 amide bonds. The molecular weight excluding hydrogens is 297 g/mol. The van der Waals surface area contributed by atoms with Crippen LogP contribution in [-0.4, -0.2) is 37.7 Å². The Bertz CT molecular complexity index is 632. The van der Waals surface area contributed by atoms with Gasteiger partial charge in [0, 0.05) is 32.0 Å². The minimum atomic E-state index is -0.261. The zero-order valence-electron chi connectivity index (χ0n) is 13.0. The molecule has 0 saturated heterocycles. The average Bonchev–Trinajstić information content (AvgIpc) is 2.57. The summed E-state index contributed by atoms with van der Waals surface area (Å²) in [5, 5.41) is 5.92. The molecule has 0 aliphatic heterocycles. The second-order valence-electron chi connectivity index (χ2n) is 4.98. The fourth-order valence-electron chi connectivity index (χ4n) is 2.02. The summed E-state index contributed by atoms with van der Waals surface area (Å²) in [6.45, 7) is 1.67. The second kappa shape index (κ2) is 8.85. The Morgan fingerprint density at radius 1 is 1.22 bits per heavy atom. The van der Waals surface area contributed by atoms with E-state index in [4.69, 9.17) is 4.74 Å².